The molecule has 3 aromatic carbocycles. The molecular weight excluding hydrogens is 431 g/mol. The first-order chi connectivity index (χ1) is 16.6. The fourth-order valence-electron chi connectivity index (χ4n) is 4.73. The van der Waals surface area contributed by atoms with Crippen LogP contribution in [0.2, 0.25) is 0 Å². The maximum absolute atomic E-state index is 14.4. The molecule has 0 unspecified atom stereocenters. The van der Waals surface area contributed by atoms with Crippen molar-refractivity contribution >= 4 is 11.6 Å². The number of fused-ring (bicyclic) bond motifs is 1. The molecule has 0 aromatic heterocycles. The first-order valence-electron chi connectivity index (χ1n) is 11.8. The predicted molar refractivity (Wildman–Crippen MR) is 130 cm³/mol. The Hall–Kier alpha value is -3.38. The van der Waals surface area contributed by atoms with Crippen LogP contribution in [0, 0.1) is 12.7 Å². The van der Waals surface area contributed by atoms with Crippen molar-refractivity contribution in [3.8, 4) is 11.5 Å². The molecule has 1 amide bonds. The number of piperidine rings is 1. The third-order valence-electron chi connectivity index (χ3n) is 6.61. The summed E-state index contributed by atoms with van der Waals surface area (Å²) in [5, 5.41) is 0. The maximum Gasteiger partial charge on any atom is 0.258 e. The van der Waals surface area contributed by atoms with Crippen LogP contribution in [0.15, 0.2) is 66.7 Å². The van der Waals surface area contributed by atoms with E-state index in [0.717, 1.165) is 44.0 Å². The lowest BCUT2D eigenvalue weighted by Gasteiger charge is -2.39. The van der Waals surface area contributed by atoms with Crippen LogP contribution >= 0.6 is 0 Å². The van der Waals surface area contributed by atoms with Crippen molar-refractivity contribution in [2.45, 2.75) is 32.4 Å². The number of nitrogens with zero attached hydrogens (tertiary/aromatic N) is 2. The van der Waals surface area contributed by atoms with E-state index >= 15 is 0 Å². The number of hydrogen-bond donors (Lipinski definition) is 0. The first kappa shape index (κ1) is 22.4. The van der Waals surface area contributed by atoms with Crippen molar-refractivity contribution < 1.29 is 18.7 Å². The van der Waals surface area contributed by atoms with Gasteiger partial charge in [-0.05, 0) is 67.3 Å². The largest absolute Gasteiger partial charge is 0.486 e. The minimum Gasteiger partial charge on any atom is -0.486 e. The molecule has 6 heteroatoms. The molecule has 0 spiro atoms. The number of rotatable bonds is 5. The Bertz CT molecular complexity index is 1160. The van der Waals surface area contributed by atoms with Gasteiger partial charge in [0.2, 0.25) is 0 Å². The second kappa shape index (κ2) is 9.85. The van der Waals surface area contributed by atoms with Crippen LogP contribution in [0.3, 0.4) is 0 Å². The minimum absolute atomic E-state index is 0.00586. The molecule has 2 aliphatic heterocycles. The molecule has 1 saturated heterocycles. The number of carbonyl (C=O) groups excluding carboxylic acids is 1. The fraction of sp³-hybridized carbons (Fsp3) is 0.321. The highest BCUT2D eigenvalue weighted by molar-refractivity contribution is 6.06. The lowest BCUT2D eigenvalue weighted by molar-refractivity contribution is 0.0958. The molecule has 0 bridgehead atoms. The predicted octanol–water partition coefficient (Wildman–Crippen LogP) is 5.22. The molecule has 1 fully saturated rings. The van der Waals surface area contributed by atoms with E-state index in [1.807, 2.05) is 42.5 Å². The third-order valence-corrected chi connectivity index (χ3v) is 6.61. The van der Waals surface area contributed by atoms with Crippen LogP contribution in [-0.4, -0.2) is 43.2 Å². The molecule has 0 aliphatic carbocycles. The smallest absolute Gasteiger partial charge is 0.258 e. The molecule has 0 atom stereocenters. The van der Waals surface area contributed by atoms with Crippen molar-refractivity contribution in [1.29, 1.82) is 0 Å². The molecule has 0 saturated carbocycles. The van der Waals surface area contributed by atoms with E-state index < -0.39 is 0 Å². The molecule has 2 aliphatic rings. The van der Waals surface area contributed by atoms with Crippen LogP contribution in [-0.2, 0) is 6.54 Å². The zero-order valence-corrected chi connectivity index (χ0v) is 19.4. The summed E-state index contributed by atoms with van der Waals surface area (Å²) in [6.45, 7) is 5.42. The van der Waals surface area contributed by atoms with E-state index in [1.54, 1.807) is 17.9 Å². The fourth-order valence-corrected chi connectivity index (χ4v) is 4.73. The molecule has 0 N–H and O–H groups in total. The molecule has 34 heavy (non-hydrogen) atoms. The van der Waals surface area contributed by atoms with Crippen molar-refractivity contribution in [1.82, 2.24) is 4.90 Å². The molecule has 5 rings (SSSR count). The number of amides is 1. The van der Waals surface area contributed by atoms with Crippen LogP contribution in [0.1, 0.15) is 34.3 Å². The number of aryl methyl sites for hydroxylation is 1. The van der Waals surface area contributed by atoms with Gasteiger partial charge in [-0.1, -0.05) is 30.3 Å². The van der Waals surface area contributed by atoms with Gasteiger partial charge in [0, 0.05) is 36.9 Å². The van der Waals surface area contributed by atoms with E-state index in [4.69, 9.17) is 9.47 Å². The van der Waals surface area contributed by atoms with Crippen LogP contribution in [0.4, 0.5) is 10.1 Å². The topological polar surface area (TPSA) is 42.0 Å². The first-order valence-corrected chi connectivity index (χ1v) is 11.8. The zero-order valence-electron chi connectivity index (χ0n) is 19.4. The van der Waals surface area contributed by atoms with Crippen LogP contribution in [0.25, 0.3) is 0 Å². The summed E-state index contributed by atoms with van der Waals surface area (Å²) < 4.78 is 25.8. The summed E-state index contributed by atoms with van der Waals surface area (Å²) in [6.07, 6.45) is 1.64. The molecule has 176 valence electrons. The summed E-state index contributed by atoms with van der Waals surface area (Å²) in [7, 11) is 0. The summed E-state index contributed by atoms with van der Waals surface area (Å²) in [5.41, 5.74) is 2.98. The van der Waals surface area contributed by atoms with Gasteiger partial charge in [0.1, 0.15) is 19.0 Å². The van der Waals surface area contributed by atoms with Crippen molar-refractivity contribution in [2.75, 3.05) is 31.2 Å². The van der Waals surface area contributed by atoms with Gasteiger partial charge >= 0.3 is 0 Å². The maximum atomic E-state index is 14.4. The monoisotopic (exact) mass is 460 g/mol. The molecule has 0 radical (unpaired) electrons. The SMILES string of the molecule is Cc1ccc(N(C(=O)c2ccccc2)C2CCN(Cc3ccc4c(c3)OCCO4)CC2)cc1F. The number of halogens is 1. The second-order valence-corrected chi connectivity index (χ2v) is 8.96. The van der Waals surface area contributed by atoms with Gasteiger partial charge in [0.25, 0.3) is 5.91 Å². The lowest BCUT2D eigenvalue weighted by atomic mass is 9.99. The number of hydrogen-bond acceptors (Lipinski definition) is 4. The summed E-state index contributed by atoms with van der Waals surface area (Å²) in [6, 6.07) is 20.4. The van der Waals surface area contributed by atoms with E-state index in [1.165, 1.54) is 11.6 Å². The van der Waals surface area contributed by atoms with Gasteiger partial charge in [-0.25, -0.2) is 4.39 Å². The molecular formula is C28H29FN2O3. The highest BCUT2D eigenvalue weighted by atomic mass is 19.1. The Balaban J connectivity index is 1.31. The third kappa shape index (κ3) is 4.77. The van der Waals surface area contributed by atoms with Gasteiger partial charge in [0.05, 0.1) is 0 Å². The summed E-state index contributed by atoms with van der Waals surface area (Å²) in [5.74, 6) is 1.22. The highest BCUT2D eigenvalue weighted by Crippen LogP contribution is 2.32. The van der Waals surface area contributed by atoms with Gasteiger partial charge in [-0.15, -0.1) is 0 Å². The van der Waals surface area contributed by atoms with Crippen molar-refractivity contribution in [3.63, 3.8) is 0 Å². The minimum atomic E-state index is -0.292. The normalized spacial score (nSPS) is 16.3. The van der Waals surface area contributed by atoms with Crippen molar-refractivity contribution in [3.05, 3.63) is 89.2 Å². The molecule has 2 heterocycles. The van der Waals surface area contributed by atoms with Gasteiger partial charge < -0.3 is 14.4 Å². The van der Waals surface area contributed by atoms with E-state index in [-0.39, 0.29) is 17.8 Å². The number of likely N-dealkylation sites (tertiary alicyclic amines) is 1. The number of anilines is 1. The zero-order chi connectivity index (χ0) is 23.5. The Labute approximate surface area is 199 Å². The molecule has 3 aromatic rings. The van der Waals surface area contributed by atoms with Crippen LogP contribution in [0.5, 0.6) is 11.5 Å². The van der Waals surface area contributed by atoms with E-state index in [2.05, 4.69) is 17.0 Å². The summed E-state index contributed by atoms with van der Waals surface area (Å²) in [4.78, 5) is 17.7. The van der Waals surface area contributed by atoms with Crippen molar-refractivity contribution in [2.24, 2.45) is 0 Å². The Kier molecular flexibility index (Phi) is 6.50. The number of carbonyl (C=O) groups is 1. The average Bonchev–Trinajstić information content (AvgIpc) is 2.88. The summed E-state index contributed by atoms with van der Waals surface area (Å²) >= 11 is 0. The molecule has 5 nitrogen and oxygen atoms in total. The van der Waals surface area contributed by atoms with Gasteiger partial charge in [-0.2, -0.15) is 0 Å². The standard InChI is InChI=1S/C28H29FN2O3/c1-20-7-9-24(18-25(20)29)31(28(32)22-5-3-2-4-6-22)23-11-13-30(14-12-23)19-21-8-10-26-27(17-21)34-16-15-33-26/h2-10,17-18,23H,11-16,19H2,1H3. The Morgan fingerprint density at radius 1 is 0.971 bits per heavy atom. The lowest BCUT2D eigenvalue weighted by Crippen LogP contribution is -2.47. The van der Waals surface area contributed by atoms with Gasteiger partial charge in [0.15, 0.2) is 11.5 Å². The van der Waals surface area contributed by atoms with E-state index in [9.17, 15) is 9.18 Å². The van der Waals surface area contributed by atoms with Gasteiger partial charge in [-0.3, -0.25) is 9.69 Å². The van der Waals surface area contributed by atoms with E-state index in [0.29, 0.717) is 30.0 Å². The second-order valence-electron chi connectivity index (χ2n) is 8.96. The Morgan fingerprint density at radius 3 is 2.44 bits per heavy atom. The van der Waals surface area contributed by atoms with Crippen LogP contribution < -0.4 is 14.4 Å². The Morgan fingerprint density at radius 2 is 1.71 bits per heavy atom. The number of ether oxygens (including phenoxy) is 2. The average molecular weight is 461 g/mol. The number of benzene rings is 3. The highest BCUT2D eigenvalue weighted by Gasteiger charge is 2.30. The quantitative estimate of drug-likeness (QED) is 0.524.